The number of rotatable bonds is 7. The predicted octanol–water partition coefficient (Wildman–Crippen LogP) is 4.05. The third kappa shape index (κ3) is 4.44. The molecular formula is C18H31N3. The molecule has 118 valence electrons. The van der Waals surface area contributed by atoms with Gasteiger partial charge in [-0.05, 0) is 51.6 Å². The Morgan fingerprint density at radius 2 is 2.14 bits per heavy atom. The van der Waals surface area contributed by atoms with E-state index in [0.717, 1.165) is 24.8 Å². The summed E-state index contributed by atoms with van der Waals surface area (Å²) in [5.74, 6) is 0. The van der Waals surface area contributed by atoms with Crippen molar-refractivity contribution < 1.29 is 0 Å². The molecule has 1 aromatic heterocycles. The standard InChI is InChI=1S/C18H31N3/c1-4-8-17-9-6-7-11-21(17)18-12-15(3)20-14-16(18)13-19-10-5-2/h12,14,17,19H,4-11,13H2,1-3H3. The van der Waals surface area contributed by atoms with Crippen molar-refractivity contribution in [3.8, 4) is 0 Å². The molecule has 1 unspecified atom stereocenters. The number of nitrogens with one attached hydrogen (secondary N) is 1. The Balaban J connectivity index is 2.20. The number of pyridine rings is 1. The fourth-order valence-corrected chi connectivity index (χ4v) is 3.33. The quantitative estimate of drug-likeness (QED) is 0.768. The Morgan fingerprint density at radius 3 is 2.90 bits per heavy atom. The number of nitrogens with zero attached hydrogens (tertiary/aromatic N) is 2. The van der Waals surface area contributed by atoms with E-state index in [2.05, 4.69) is 48.2 Å². The molecule has 1 N–H and O–H groups in total. The van der Waals surface area contributed by atoms with Crippen LogP contribution in [-0.4, -0.2) is 24.1 Å². The first kappa shape index (κ1) is 16.3. The van der Waals surface area contributed by atoms with Gasteiger partial charge in [-0.2, -0.15) is 0 Å². The highest BCUT2D eigenvalue weighted by Crippen LogP contribution is 2.30. The highest BCUT2D eigenvalue weighted by molar-refractivity contribution is 5.54. The molecule has 3 heteroatoms. The van der Waals surface area contributed by atoms with Crippen LogP contribution in [0.2, 0.25) is 0 Å². The van der Waals surface area contributed by atoms with Crippen LogP contribution in [0.3, 0.4) is 0 Å². The Hall–Kier alpha value is -1.09. The van der Waals surface area contributed by atoms with E-state index in [1.165, 1.54) is 56.3 Å². The highest BCUT2D eigenvalue weighted by Gasteiger charge is 2.23. The number of aromatic nitrogens is 1. The van der Waals surface area contributed by atoms with E-state index >= 15 is 0 Å². The SMILES string of the molecule is CCCNCc1cnc(C)cc1N1CCCCC1CCC. The highest BCUT2D eigenvalue weighted by atomic mass is 15.2. The third-order valence-electron chi connectivity index (χ3n) is 4.40. The van der Waals surface area contributed by atoms with Crippen LogP contribution >= 0.6 is 0 Å². The Morgan fingerprint density at radius 1 is 1.29 bits per heavy atom. The Bertz CT molecular complexity index is 428. The van der Waals surface area contributed by atoms with Gasteiger partial charge in [-0.25, -0.2) is 0 Å². The van der Waals surface area contributed by atoms with Gasteiger partial charge in [0.1, 0.15) is 0 Å². The molecule has 2 heterocycles. The molecule has 1 atom stereocenters. The van der Waals surface area contributed by atoms with E-state index in [9.17, 15) is 0 Å². The lowest BCUT2D eigenvalue weighted by Gasteiger charge is -2.39. The van der Waals surface area contributed by atoms with Gasteiger partial charge in [0.25, 0.3) is 0 Å². The summed E-state index contributed by atoms with van der Waals surface area (Å²) in [5, 5.41) is 3.53. The second-order valence-electron chi connectivity index (χ2n) is 6.26. The lowest BCUT2D eigenvalue weighted by molar-refractivity contribution is 0.433. The second-order valence-corrected chi connectivity index (χ2v) is 6.26. The zero-order valence-corrected chi connectivity index (χ0v) is 14.0. The summed E-state index contributed by atoms with van der Waals surface area (Å²) in [6, 6.07) is 3.01. The molecule has 0 spiro atoms. The zero-order chi connectivity index (χ0) is 15.1. The predicted molar refractivity (Wildman–Crippen MR) is 90.9 cm³/mol. The van der Waals surface area contributed by atoms with Crippen molar-refractivity contribution in [2.45, 2.75) is 71.9 Å². The van der Waals surface area contributed by atoms with Gasteiger partial charge in [0.15, 0.2) is 0 Å². The van der Waals surface area contributed by atoms with Gasteiger partial charge in [-0.15, -0.1) is 0 Å². The van der Waals surface area contributed by atoms with Crippen molar-refractivity contribution in [1.29, 1.82) is 0 Å². The van der Waals surface area contributed by atoms with Gasteiger partial charge in [-0.3, -0.25) is 4.98 Å². The fourth-order valence-electron chi connectivity index (χ4n) is 3.33. The molecule has 0 amide bonds. The second kappa shape index (κ2) is 8.38. The van der Waals surface area contributed by atoms with Crippen LogP contribution in [0, 0.1) is 6.92 Å². The molecule has 21 heavy (non-hydrogen) atoms. The van der Waals surface area contributed by atoms with Crippen LogP contribution in [0.25, 0.3) is 0 Å². The lowest BCUT2D eigenvalue weighted by Crippen LogP contribution is -2.40. The number of piperidine rings is 1. The average Bonchev–Trinajstić information content (AvgIpc) is 2.50. The number of hydrogen-bond donors (Lipinski definition) is 1. The van der Waals surface area contributed by atoms with E-state index in [1.54, 1.807) is 0 Å². The molecule has 1 aliphatic heterocycles. The molecule has 0 bridgehead atoms. The first-order chi connectivity index (χ1) is 10.3. The minimum atomic E-state index is 0.718. The van der Waals surface area contributed by atoms with Crippen molar-refractivity contribution >= 4 is 5.69 Å². The molecule has 0 saturated carbocycles. The summed E-state index contributed by atoms with van der Waals surface area (Å²) in [4.78, 5) is 7.18. The molecule has 3 nitrogen and oxygen atoms in total. The fraction of sp³-hybridized carbons (Fsp3) is 0.722. The summed E-state index contributed by atoms with van der Waals surface area (Å²) < 4.78 is 0. The molecule has 1 aliphatic rings. The smallest absolute Gasteiger partial charge is 0.0448 e. The van der Waals surface area contributed by atoms with Crippen molar-refractivity contribution in [2.24, 2.45) is 0 Å². The topological polar surface area (TPSA) is 28.2 Å². The summed E-state index contributed by atoms with van der Waals surface area (Å²) >= 11 is 0. The van der Waals surface area contributed by atoms with Crippen LogP contribution in [0.4, 0.5) is 5.69 Å². The largest absolute Gasteiger partial charge is 0.368 e. The number of aryl methyl sites for hydroxylation is 1. The minimum Gasteiger partial charge on any atom is -0.368 e. The van der Waals surface area contributed by atoms with Gasteiger partial charge in [0.2, 0.25) is 0 Å². The van der Waals surface area contributed by atoms with Gasteiger partial charge >= 0.3 is 0 Å². The first-order valence-electron chi connectivity index (χ1n) is 8.69. The molecule has 1 saturated heterocycles. The van der Waals surface area contributed by atoms with Gasteiger partial charge in [-0.1, -0.05) is 20.3 Å². The summed E-state index contributed by atoms with van der Waals surface area (Å²) in [6.07, 6.45) is 9.88. The van der Waals surface area contributed by atoms with Gasteiger partial charge in [0.05, 0.1) is 0 Å². The zero-order valence-electron chi connectivity index (χ0n) is 14.0. The van der Waals surface area contributed by atoms with E-state index in [1.807, 2.05) is 0 Å². The monoisotopic (exact) mass is 289 g/mol. The Labute approximate surface area is 130 Å². The maximum atomic E-state index is 4.52. The molecule has 1 fully saturated rings. The number of anilines is 1. The van der Waals surface area contributed by atoms with E-state index in [4.69, 9.17) is 0 Å². The normalized spacial score (nSPS) is 19.0. The van der Waals surface area contributed by atoms with Crippen molar-refractivity contribution in [2.75, 3.05) is 18.0 Å². The van der Waals surface area contributed by atoms with Crippen molar-refractivity contribution in [3.63, 3.8) is 0 Å². The molecule has 0 radical (unpaired) electrons. The van der Waals surface area contributed by atoms with Gasteiger partial charge < -0.3 is 10.2 Å². The van der Waals surface area contributed by atoms with Crippen LogP contribution in [-0.2, 0) is 6.54 Å². The summed E-state index contributed by atoms with van der Waals surface area (Å²) in [6.45, 7) is 9.83. The van der Waals surface area contributed by atoms with E-state index < -0.39 is 0 Å². The Kier molecular flexibility index (Phi) is 6.50. The van der Waals surface area contributed by atoms with E-state index in [0.29, 0.717) is 0 Å². The number of hydrogen-bond acceptors (Lipinski definition) is 3. The molecule has 2 rings (SSSR count). The molecule has 0 aliphatic carbocycles. The summed E-state index contributed by atoms with van der Waals surface area (Å²) in [5.41, 5.74) is 3.91. The first-order valence-corrected chi connectivity index (χ1v) is 8.69. The maximum absolute atomic E-state index is 4.52. The van der Waals surface area contributed by atoms with E-state index in [-0.39, 0.29) is 0 Å². The average molecular weight is 289 g/mol. The molecule has 0 aromatic carbocycles. The molecule has 1 aromatic rings. The van der Waals surface area contributed by atoms with Crippen LogP contribution < -0.4 is 10.2 Å². The lowest BCUT2D eigenvalue weighted by atomic mass is 9.96. The van der Waals surface area contributed by atoms with Crippen LogP contribution in [0.15, 0.2) is 12.3 Å². The maximum Gasteiger partial charge on any atom is 0.0448 e. The van der Waals surface area contributed by atoms with Crippen LogP contribution in [0.1, 0.15) is 63.6 Å². The van der Waals surface area contributed by atoms with Crippen molar-refractivity contribution in [1.82, 2.24) is 10.3 Å². The minimum absolute atomic E-state index is 0.718. The van der Waals surface area contributed by atoms with Crippen molar-refractivity contribution in [3.05, 3.63) is 23.5 Å². The van der Waals surface area contributed by atoms with Gasteiger partial charge in [0, 0.05) is 42.3 Å². The third-order valence-corrected chi connectivity index (χ3v) is 4.40. The van der Waals surface area contributed by atoms with Crippen LogP contribution in [0.5, 0.6) is 0 Å². The summed E-state index contributed by atoms with van der Waals surface area (Å²) in [7, 11) is 0. The molecular weight excluding hydrogens is 258 g/mol.